The van der Waals surface area contributed by atoms with Crippen LogP contribution in [0.5, 0.6) is 11.5 Å². The highest BCUT2D eigenvalue weighted by Crippen LogP contribution is 2.49. The van der Waals surface area contributed by atoms with Crippen molar-refractivity contribution in [2.75, 3.05) is 37.9 Å². The lowest BCUT2D eigenvalue weighted by Crippen LogP contribution is -2.36. The van der Waals surface area contributed by atoms with E-state index in [0.29, 0.717) is 53.7 Å². The van der Waals surface area contributed by atoms with Crippen LogP contribution in [-0.4, -0.2) is 48.4 Å². The van der Waals surface area contributed by atoms with Crippen LogP contribution in [0, 0.1) is 11.3 Å². The quantitative estimate of drug-likeness (QED) is 0.853. The second-order valence-electron chi connectivity index (χ2n) is 7.06. The lowest BCUT2D eigenvalue weighted by molar-refractivity contribution is -0.149. The molecule has 0 spiro atoms. The van der Waals surface area contributed by atoms with E-state index in [4.69, 9.17) is 15.2 Å². The maximum Gasteiger partial charge on any atom is 0.311 e. The number of hydrogen-bond acceptors (Lipinski definition) is 7. The Hall–Kier alpha value is -2.77. The van der Waals surface area contributed by atoms with Gasteiger partial charge in [-0.15, -0.1) is 0 Å². The van der Waals surface area contributed by atoms with E-state index in [-0.39, 0.29) is 5.92 Å². The smallest absolute Gasteiger partial charge is 0.311 e. The van der Waals surface area contributed by atoms with Gasteiger partial charge in [0.05, 0.1) is 25.2 Å². The topological polar surface area (TPSA) is 111 Å². The molecule has 2 heterocycles. The van der Waals surface area contributed by atoms with Gasteiger partial charge in [-0.3, -0.25) is 4.79 Å². The van der Waals surface area contributed by atoms with Crippen molar-refractivity contribution in [1.82, 2.24) is 9.97 Å². The highest BCUT2D eigenvalue weighted by Gasteiger charge is 2.55. The summed E-state index contributed by atoms with van der Waals surface area (Å²) in [5.74, 6) is 1.34. The van der Waals surface area contributed by atoms with Crippen LogP contribution in [-0.2, 0) is 4.79 Å². The molecule has 2 aromatic rings. The number of fused-ring (bicyclic) bond motifs is 2. The number of aliphatic carboxylic acids is 1. The van der Waals surface area contributed by atoms with Gasteiger partial charge in [-0.25, -0.2) is 4.98 Å². The molecule has 0 unspecified atom stereocenters. The summed E-state index contributed by atoms with van der Waals surface area (Å²) >= 11 is 0. The van der Waals surface area contributed by atoms with Crippen LogP contribution in [0.4, 0.5) is 11.8 Å². The fourth-order valence-electron chi connectivity index (χ4n) is 4.40. The van der Waals surface area contributed by atoms with Crippen LogP contribution < -0.4 is 20.1 Å². The summed E-state index contributed by atoms with van der Waals surface area (Å²) in [4.78, 5) is 22.9. The van der Waals surface area contributed by atoms with E-state index in [1.54, 1.807) is 26.4 Å². The van der Waals surface area contributed by atoms with Crippen LogP contribution in [0.25, 0.3) is 10.9 Å². The second kappa shape index (κ2) is 5.89. The SMILES string of the molecule is COc1cc2nc(N3C[C@@H]4CCC[C@@]4(C(=O)O)C3)nc(N)c2cc1OC. The molecule has 0 radical (unpaired) electrons. The minimum atomic E-state index is -0.720. The predicted molar refractivity (Wildman–Crippen MR) is 96.7 cm³/mol. The molecule has 2 aliphatic rings. The van der Waals surface area contributed by atoms with Gasteiger partial charge in [-0.05, 0) is 24.8 Å². The van der Waals surface area contributed by atoms with Gasteiger partial charge in [0.2, 0.25) is 5.95 Å². The first kappa shape index (κ1) is 16.7. The first-order valence-corrected chi connectivity index (χ1v) is 8.66. The fourth-order valence-corrected chi connectivity index (χ4v) is 4.40. The number of ether oxygens (including phenoxy) is 2. The Morgan fingerprint density at radius 1 is 1.31 bits per heavy atom. The molecule has 26 heavy (non-hydrogen) atoms. The number of carboxylic acids is 1. The largest absolute Gasteiger partial charge is 0.493 e. The number of methoxy groups -OCH3 is 2. The second-order valence-corrected chi connectivity index (χ2v) is 7.06. The molecule has 138 valence electrons. The van der Waals surface area contributed by atoms with Crippen molar-refractivity contribution >= 4 is 28.6 Å². The third kappa shape index (κ3) is 2.32. The molecule has 1 saturated heterocycles. The Balaban J connectivity index is 1.75. The number of carboxylic acid groups (broad SMARTS) is 1. The standard InChI is InChI=1S/C18H22N4O4/c1-25-13-6-11-12(7-14(13)26-2)20-17(21-15(11)19)22-8-10-4-3-5-18(10,9-22)16(23)24/h6-7,10H,3-5,8-9H2,1-2H3,(H,23,24)(H2,19,20,21)/t10-,18+/m0/s1. The van der Waals surface area contributed by atoms with Crippen LogP contribution in [0.1, 0.15) is 19.3 Å². The molecular formula is C18H22N4O4. The summed E-state index contributed by atoms with van der Waals surface area (Å²) in [5, 5.41) is 10.4. The first-order valence-electron chi connectivity index (χ1n) is 8.66. The number of nitrogens with zero attached hydrogens (tertiary/aromatic N) is 3. The molecule has 1 aliphatic carbocycles. The van der Waals surface area contributed by atoms with Gasteiger partial charge in [-0.1, -0.05) is 6.42 Å². The molecule has 3 N–H and O–H groups in total. The maximum atomic E-state index is 11.9. The highest BCUT2D eigenvalue weighted by atomic mass is 16.5. The van der Waals surface area contributed by atoms with Crippen molar-refractivity contribution in [3.63, 3.8) is 0 Å². The zero-order chi connectivity index (χ0) is 18.5. The molecule has 1 aromatic heterocycles. The Morgan fingerprint density at radius 3 is 2.69 bits per heavy atom. The van der Waals surface area contributed by atoms with Gasteiger partial charge in [0, 0.05) is 24.5 Å². The molecule has 0 amide bonds. The van der Waals surface area contributed by atoms with Crippen molar-refractivity contribution in [3.8, 4) is 11.5 Å². The number of aromatic nitrogens is 2. The van der Waals surface area contributed by atoms with E-state index in [1.807, 2.05) is 4.90 Å². The summed E-state index contributed by atoms with van der Waals surface area (Å²) in [6.45, 7) is 1.07. The molecule has 1 aromatic carbocycles. The normalized spacial score (nSPS) is 24.7. The molecule has 8 nitrogen and oxygen atoms in total. The lowest BCUT2D eigenvalue weighted by Gasteiger charge is -2.23. The van der Waals surface area contributed by atoms with Crippen LogP contribution >= 0.6 is 0 Å². The first-order chi connectivity index (χ1) is 12.5. The Labute approximate surface area is 150 Å². The Kier molecular flexibility index (Phi) is 3.78. The van der Waals surface area contributed by atoms with Crippen LogP contribution in [0.3, 0.4) is 0 Å². The van der Waals surface area contributed by atoms with E-state index in [1.165, 1.54) is 0 Å². The van der Waals surface area contributed by atoms with Crippen LogP contribution in [0.2, 0.25) is 0 Å². The highest BCUT2D eigenvalue weighted by molar-refractivity contribution is 5.92. The summed E-state index contributed by atoms with van der Waals surface area (Å²) in [5.41, 5.74) is 6.11. The Morgan fingerprint density at radius 2 is 2.04 bits per heavy atom. The molecule has 2 fully saturated rings. The molecule has 1 aliphatic heterocycles. The molecule has 8 heteroatoms. The van der Waals surface area contributed by atoms with Crippen molar-refractivity contribution in [3.05, 3.63) is 12.1 Å². The van der Waals surface area contributed by atoms with Gasteiger partial charge in [0.15, 0.2) is 11.5 Å². The number of rotatable bonds is 4. The molecule has 4 rings (SSSR count). The van der Waals surface area contributed by atoms with Gasteiger partial charge < -0.3 is 25.2 Å². The van der Waals surface area contributed by atoms with Crippen molar-refractivity contribution in [2.45, 2.75) is 19.3 Å². The minimum Gasteiger partial charge on any atom is -0.493 e. The van der Waals surface area contributed by atoms with Crippen LogP contribution in [0.15, 0.2) is 12.1 Å². The summed E-state index contributed by atoms with van der Waals surface area (Å²) in [7, 11) is 3.12. The maximum absolute atomic E-state index is 11.9. The monoisotopic (exact) mass is 358 g/mol. The molecule has 1 saturated carbocycles. The van der Waals surface area contributed by atoms with Crippen molar-refractivity contribution in [1.29, 1.82) is 0 Å². The van der Waals surface area contributed by atoms with E-state index in [9.17, 15) is 9.90 Å². The summed E-state index contributed by atoms with van der Waals surface area (Å²) in [6, 6.07) is 3.52. The third-order valence-electron chi connectivity index (χ3n) is 5.80. The van der Waals surface area contributed by atoms with Gasteiger partial charge >= 0.3 is 5.97 Å². The van der Waals surface area contributed by atoms with Gasteiger partial charge in [0.25, 0.3) is 0 Å². The number of nitrogens with two attached hydrogens (primary N) is 1. The van der Waals surface area contributed by atoms with E-state index in [2.05, 4.69) is 9.97 Å². The van der Waals surface area contributed by atoms with Crippen molar-refractivity contribution in [2.24, 2.45) is 11.3 Å². The molecular weight excluding hydrogens is 336 g/mol. The third-order valence-corrected chi connectivity index (χ3v) is 5.80. The number of anilines is 2. The van der Waals surface area contributed by atoms with Gasteiger partial charge in [-0.2, -0.15) is 4.98 Å². The van der Waals surface area contributed by atoms with E-state index >= 15 is 0 Å². The van der Waals surface area contributed by atoms with Crippen molar-refractivity contribution < 1.29 is 19.4 Å². The fraction of sp³-hybridized carbons (Fsp3) is 0.500. The number of benzene rings is 1. The average Bonchev–Trinajstić information content (AvgIpc) is 3.19. The number of hydrogen-bond donors (Lipinski definition) is 2. The lowest BCUT2D eigenvalue weighted by atomic mass is 9.81. The minimum absolute atomic E-state index is 0.130. The number of nitrogen functional groups attached to an aromatic ring is 1. The predicted octanol–water partition coefficient (Wildman–Crippen LogP) is 1.92. The average molecular weight is 358 g/mol. The zero-order valence-electron chi connectivity index (χ0n) is 14.9. The summed E-state index contributed by atoms with van der Waals surface area (Å²) < 4.78 is 10.6. The van der Waals surface area contributed by atoms with E-state index in [0.717, 1.165) is 12.8 Å². The van der Waals surface area contributed by atoms with Gasteiger partial charge in [0.1, 0.15) is 5.82 Å². The zero-order valence-corrected chi connectivity index (χ0v) is 14.9. The molecule has 0 bridgehead atoms. The van der Waals surface area contributed by atoms with E-state index < -0.39 is 11.4 Å². The Bertz CT molecular complexity index is 887. The number of carbonyl (C=O) groups is 1. The molecule has 2 atom stereocenters. The summed E-state index contributed by atoms with van der Waals surface area (Å²) in [6.07, 6.45) is 2.59.